The molecule has 0 heterocycles. The Morgan fingerprint density at radius 2 is 1.25 bits per heavy atom. The maximum Gasteiger partial charge on any atom is 0.343 e. The molecule has 0 fully saturated rings. The summed E-state index contributed by atoms with van der Waals surface area (Å²) < 4.78 is 26.8. The molecule has 0 radical (unpaired) electrons. The zero-order valence-electron chi connectivity index (χ0n) is 31.6. The summed E-state index contributed by atoms with van der Waals surface area (Å²) in [6.45, 7) is 9.84. The average Bonchev–Trinajstić information content (AvgIpc) is 3.24. The first kappa shape index (κ1) is 42.9. The second kappa shape index (κ2) is 23.8. The molecule has 13 nitrogen and oxygen atoms in total. The molecule has 4 aromatic carbocycles. The van der Waals surface area contributed by atoms with E-state index in [1.54, 1.807) is 85.1 Å². The fourth-order valence-corrected chi connectivity index (χ4v) is 4.76. The van der Waals surface area contributed by atoms with E-state index in [1.807, 2.05) is 6.92 Å². The first-order valence-corrected chi connectivity index (χ1v) is 18.2. The van der Waals surface area contributed by atoms with Gasteiger partial charge in [-0.25, -0.2) is 19.2 Å². The highest BCUT2D eigenvalue weighted by Gasteiger charge is 2.19. The van der Waals surface area contributed by atoms with Crippen LogP contribution in [-0.4, -0.2) is 56.1 Å². The molecule has 13 heteroatoms. The Balaban J connectivity index is 1.26. The molecular formula is C44H44N2O11. The van der Waals surface area contributed by atoms with E-state index in [9.17, 15) is 19.2 Å². The fraction of sp³-hybridized carbons (Fsp3) is 0.227. The lowest BCUT2D eigenvalue weighted by molar-refractivity contribution is -0.217. The van der Waals surface area contributed by atoms with Gasteiger partial charge in [-0.05, 0) is 128 Å². The minimum Gasteiger partial charge on any atom is -0.494 e. The number of benzene rings is 4. The largest absolute Gasteiger partial charge is 0.494 e. The van der Waals surface area contributed by atoms with Crippen LogP contribution in [0.15, 0.2) is 127 Å². The highest BCUT2D eigenvalue weighted by atomic mass is 17.2. The van der Waals surface area contributed by atoms with Crippen molar-refractivity contribution in [2.75, 3.05) is 19.8 Å². The third-order valence-electron chi connectivity index (χ3n) is 7.72. The number of carbonyl (C=O) groups excluding carboxylic acids is 4. The molecule has 0 amide bonds. The third kappa shape index (κ3) is 15.4. The molecule has 0 unspecified atom stereocenters. The van der Waals surface area contributed by atoms with E-state index in [2.05, 4.69) is 23.4 Å². The van der Waals surface area contributed by atoms with Crippen molar-refractivity contribution >= 4 is 36.3 Å². The van der Waals surface area contributed by atoms with E-state index in [1.165, 1.54) is 18.3 Å². The van der Waals surface area contributed by atoms with Crippen LogP contribution in [0.25, 0.3) is 0 Å². The number of hydrogen-bond donors (Lipinski definition) is 0. The molecule has 296 valence electrons. The van der Waals surface area contributed by atoms with Gasteiger partial charge in [0.2, 0.25) is 0 Å². The van der Waals surface area contributed by atoms with Crippen LogP contribution >= 0.6 is 0 Å². The van der Waals surface area contributed by atoms with Gasteiger partial charge < -0.3 is 28.6 Å². The van der Waals surface area contributed by atoms with Crippen LogP contribution in [0.2, 0.25) is 0 Å². The summed E-state index contributed by atoms with van der Waals surface area (Å²) in [5, 5.41) is 8.19. The summed E-state index contributed by atoms with van der Waals surface area (Å²) in [6.07, 6.45) is 9.26. The Bertz CT molecular complexity index is 2010. The normalized spacial score (nSPS) is 10.8. The molecule has 0 bridgehead atoms. The van der Waals surface area contributed by atoms with Gasteiger partial charge in [-0.2, -0.15) is 15.1 Å². The number of esters is 4. The maximum atomic E-state index is 13.0. The van der Waals surface area contributed by atoms with E-state index >= 15 is 0 Å². The van der Waals surface area contributed by atoms with E-state index in [4.69, 9.17) is 33.5 Å². The molecule has 0 saturated carbocycles. The van der Waals surface area contributed by atoms with Crippen molar-refractivity contribution in [2.24, 2.45) is 10.2 Å². The molecule has 0 aliphatic heterocycles. The first-order valence-electron chi connectivity index (χ1n) is 18.2. The molecule has 0 N–H and O–H groups in total. The van der Waals surface area contributed by atoms with Crippen LogP contribution < -0.4 is 19.1 Å². The highest BCUT2D eigenvalue weighted by molar-refractivity contribution is 5.98. The van der Waals surface area contributed by atoms with E-state index in [0.29, 0.717) is 42.4 Å². The van der Waals surface area contributed by atoms with Gasteiger partial charge in [0, 0.05) is 12.2 Å². The Labute approximate surface area is 331 Å². The maximum absolute atomic E-state index is 13.0. The molecule has 0 aliphatic rings. The van der Waals surface area contributed by atoms with Gasteiger partial charge in [-0.3, -0.25) is 0 Å². The number of unbranched alkanes of at least 4 members (excludes halogenated alkanes) is 3. The average molecular weight is 777 g/mol. The standard InChI is InChI=1S/C44H44N2O11/c1-4-25-53-44(50)39-28-34(15-24-40(39)56-43(49)35-16-22-36(23-17-35)51-26-9-7-8-10-27-52-41(47)5-2)30-46-45-29-32-11-20-38(21-12-32)57-54-31-33-13-18-37(19-14-33)55-42(48)6-3/h5-6,11-24,28-30H,2-4,7-10,25-27,31H2,1H3. The van der Waals surface area contributed by atoms with Gasteiger partial charge in [0.05, 0.1) is 37.8 Å². The van der Waals surface area contributed by atoms with Gasteiger partial charge in [0.25, 0.3) is 0 Å². The van der Waals surface area contributed by atoms with Crippen molar-refractivity contribution in [1.82, 2.24) is 0 Å². The monoisotopic (exact) mass is 776 g/mol. The molecule has 0 atom stereocenters. The Morgan fingerprint density at radius 3 is 1.93 bits per heavy atom. The van der Waals surface area contributed by atoms with Crippen LogP contribution in [0.4, 0.5) is 0 Å². The smallest absolute Gasteiger partial charge is 0.343 e. The number of carbonyl (C=O) groups is 4. The molecule has 0 aliphatic carbocycles. The van der Waals surface area contributed by atoms with Gasteiger partial charge in [0.1, 0.15) is 29.4 Å². The summed E-state index contributed by atoms with van der Waals surface area (Å²) in [6, 6.07) is 24.9. The Hall–Kier alpha value is -6.86. The minimum atomic E-state index is -0.655. The van der Waals surface area contributed by atoms with Crippen LogP contribution in [0.3, 0.4) is 0 Å². The third-order valence-corrected chi connectivity index (χ3v) is 7.72. The van der Waals surface area contributed by atoms with Crippen LogP contribution in [0.5, 0.6) is 23.0 Å². The molecule has 4 rings (SSSR count). The number of nitrogens with zero attached hydrogens (tertiary/aromatic N) is 2. The molecule has 0 saturated heterocycles. The van der Waals surface area contributed by atoms with Crippen molar-refractivity contribution in [2.45, 2.75) is 45.6 Å². The molecule has 57 heavy (non-hydrogen) atoms. The molecule has 0 aromatic heterocycles. The van der Waals surface area contributed by atoms with Crippen LogP contribution in [0, 0.1) is 0 Å². The lowest BCUT2D eigenvalue weighted by Gasteiger charge is -2.11. The van der Waals surface area contributed by atoms with Crippen molar-refractivity contribution in [3.05, 3.63) is 144 Å². The van der Waals surface area contributed by atoms with E-state index < -0.39 is 23.9 Å². The highest BCUT2D eigenvalue weighted by Crippen LogP contribution is 2.24. The quantitative estimate of drug-likeness (QED) is 0.0136. The first-order chi connectivity index (χ1) is 27.8. The van der Waals surface area contributed by atoms with E-state index in [-0.39, 0.29) is 30.1 Å². The SMILES string of the molecule is C=CC(=O)OCCCCCCOc1ccc(C(=O)Oc2ccc(C=NN=Cc3ccc(OOCc4ccc(OC(=O)C=C)cc4)cc3)cc2C(=O)OCCC)cc1. The van der Waals surface area contributed by atoms with Crippen molar-refractivity contribution < 1.29 is 52.6 Å². The summed E-state index contributed by atoms with van der Waals surface area (Å²) >= 11 is 0. The van der Waals surface area contributed by atoms with Crippen molar-refractivity contribution in [3.63, 3.8) is 0 Å². The number of ether oxygens (including phenoxy) is 5. The number of rotatable bonds is 23. The number of hydrogen-bond acceptors (Lipinski definition) is 13. The topological polar surface area (TPSA) is 158 Å². The summed E-state index contributed by atoms with van der Waals surface area (Å²) in [5.41, 5.74) is 2.42. The Morgan fingerprint density at radius 1 is 0.614 bits per heavy atom. The predicted octanol–water partition coefficient (Wildman–Crippen LogP) is 8.20. The van der Waals surface area contributed by atoms with Gasteiger partial charge in [-0.1, -0.05) is 32.2 Å². The predicted molar refractivity (Wildman–Crippen MR) is 213 cm³/mol. The summed E-state index contributed by atoms with van der Waals surface area (Å²) in [7, 11) is 0. The lowest BCUT2D eigenvalue weighted by atomic mass is 10.1. The lowest BCUT2D eigenvalue weighted by Crippen LogP contribution is -2.14. The molecule has 4 aromatic rings. The van der Waals surface area contributed by atoms with Crippen molar-refractivity contribution in [3.8, 4) is 23.0 Å². The van der Waals surface area contributed by atoms with Crippen LogP contribution in [0.1, 0.15) is 76.4 Å². The van der Waals surface area contributed by atoms with Crippen LogP contribution in [-0.2, 0) is 30.6 Å². The minimum absolute atomic E-state index is 0.0390. The second-order valence-electron chi connectivity index (χ2n) is 12.1. The Kier molecular flexibility index (Phi) is 17.9. The van der Waals surface area contributed by atoms with Gasteiger partial charge in [0.15, 0.2) is 5.75 Å². The zero-order chi connectivity index (χ0) is 40.7. The van der Waals surface area contributed by atoms with Gasteiger partial charge >= 0.3 is 23.9 Å². The molecule has 0 spiro atoms. The molecular weight excluding hydrogens is 732 g/mol. The summed E-state index contributed by atoms with van der Waals surface area (Å²) in [5.74, 6) is -0.742. The fourth-order valence-electron chi connectivity index (χ4n) is 4.76. The van der Waals surface area contributed by atoms with Gasteiger partial charge in [-0.15, -0.1) is 0 Å². The summed E-state index contributed by atoms with van der Waals surface area (Å²) in [4.78, 5) is 59.0. The second-order valence-corrected chi connectivity index (χ2v) is 12.1. The zero-order valence-corrected chi connectivity index (χ0v) is 31.6. The van der Waals surface area contributed by atoms with E-state index in [0.717, 1.165) is 49.0 Å². The van der Waals surface area contributed by atoms with Crippen molar-refractivity contribution in [1.29, 1.82) is 0 Å².